The van der Waals surface area contributed by atoms with Gasteiger partial charge in [-0.25, -0.2) is 4.79 Å². The third-order valence-electron chi connectivity index (χ3n) is 1.83. The average molecular weight is 279 g/mol. The summed E-state index contributed by atoms with van der Waals surface area (Å²) in [5.41, 5.74) is 1.28. The zero-order valence-corrected chi connectivity index (χ0v) is 9.77. The Morgan fingerprint density at radius 2 is 1.80 bits per heavy atom. The Kier molecular flexibility index (Phi) is 3.44. The minimum atomic E-state index is -3.65. The number of carbonyl (C=O) groups excluding carboxylic acids is 1. The largest absolute Gasteiger partial charge is 0.421 e. The summed E-state index contributed by atoms with van der Waals surface area (Å²) in [5, 5.41) is 0. The number of ether oxygens (including phenoxy) is 1. The molecular formula is C10H9BrF2O2. The molecule has 0 radical (unpaired) electrons. The second kappa shape index (κ2) is 4.26. The van der Waals surface area contributed by atoms with Crippen molar-refractivity contribution in [3.05, 3.63) is 29.3 Å². The number of hydrogen-bond donors (Lipinski definition) is 0. The minimum absolute atomic E-state index is 0.182. The average Bonchev–Trinajstić information content (AvgIpc) is 2.09. The number of para-hydroxylation sites is 1. The Morgan fingerprint density at radius 1 is 1.33 bits per heavy atom. The molecule has 15 heavy (non-hydrogen) atoms. The van der Waals surface area contributed by atoms with E-state index in [2.05, 4.69) is 4.74 Å². The van der Waals surface area contributed by atoms with Crippen LogP contribution >= 0.6 is 15.9 Å². The highest BCUT2D eigenvalue weighted by atomic mass is 79.9. The maximum absolute atomic E-state index is 12.5. The SMILES string of the molecule is Cc1cccc(C)c1OC(=O)C(F)(F)Br. The van der Waals surface area contributed by atoms with Crippen LogP contribution in [0.3, 0.4) is 0 Å². The molecular weight excluding hydrogens is 270 g/mol. The quantitative estimate of drug-likeness (QED) is 0.472. The molecule has 1 aromatic rings. The lowest BCUT2D eigenvalue weighted by Crippen LogP contribution is -2.26. The smallest absolute Gasteiger partial charge is 0.396 e. The fraction of sp³-hybridized carbons (Fsp3) is 0.300. The molecule has 2 nitrogen and oxygen atoms in total. The van der Waals surface area contributed by atoms with Gasteiger partial charge in [-0.2, -0.15) is 8.78 Å². The maximum Gasteiger partial charge on any atom is 0.396 e. The molecule has 0 amide bonds. The topological polar surface area (TPSA) is 26.3 Å². The first-order valence-electron chi connectivity index (χ1n) is 4.17. The Morgan fingerprint density at radius 3 is 2.20 bits per heavy atom. The maximum atomic E-state index is 12.5. The number of benzene rings is 1. The van der Waals surface area contributed by atoms with Gasteiger partial charge in [0.25, 0.3) is 0 Å². The standard InChI is InChI=1S/C10H9BrF2O2/c1-6-4-3-5-7(2)8(6)15-9(14)10(11,12)13/h3-5H,1-2H3. The van der Waals surface area contributed by atoms with Crippen molar-refractivity contribution in [3.63, 3.8) is 0 Å². The van der Waals surface area contributed by atoms with Crippen molar-refractivity contribution in [2.24, 2.45) is 0 Å². The summed E-state index contributed by atoms with van der Waals surface area (Å²) in [4.78, 5) is 7.27. The van der Waals surface area contributed by atoms with E-state index in [1.165, 1.54) is 0 Å². The number of halogens is 3. The van der Waals surface area contributed by atoms with E-state index in [1.807, 2.05) is 15.9 Å². The molecule has 0 N–H and O–H groups in total. The predicted molar refractivity (Wildman–Crippen MR) is 55.4 cm³/mol. The molecule has 1 aromatic carbocycles. The number of carbonyl (C=O) groups is 1. The number of rotatable bonds is 2. The monoisotopic (exact) mass is 278 g/mol. The van der Waals surface area contributed by atoms with Crippen molar-refractivity contribution in [2.75, 3.05) is 0 Å². The lowest BCUT2D eigenvalue weighted by atomic mass is 10.1. The van der Waals surface area contributed by atoms with Crippen molar-refractivity contribution in [2.45, 2.75) is 18.7 Å². The summed E-state index contributed by atoms with van der Waals surface area (Å²) in [6, 6.07) is 5.12. The number of hydrogen-bond acceptors (Lipinski definition) is 2. The Labute approximate surface area is 94.4 Å². The summed E-state index contributed by atoms with van der Waals surface area (Å²) in [5.74, 6) is -1.43. The Balaban J connectivity index is 2.95. The molecule has 0 aliphatic carbocycles. The van der Waals surface area contributed by atoms with E-state index in [0.717, 1.165) is 0 Å². The molecule has 1 rings (SSSR count). The molecule has 5 heteroatoms. The number of esters is 1. The van der Waals surface area contributed by atoms with Crippen LogP contribution in [0.5, 0.6) is 5.75 Å². The van der Waals surface area contributed by atoms with Gasteiger partial charge in [0.2, 0.25) is 0 Å². The van der Waals surface area contributed by atoms with Gasteiger partial charge in [0.15, 0.2) is 0 Å². The second-order valence-electron chi connectivity index (χ2n) is 3.11. The molecule has 0 fully saturated rings. The summed E-state index contributed by atoms with van der Waals surface area (Å²) in [6.45, 7) is 3.37. The highest BCUT2D eigenvalue weighted by Gasteiger charge is 2.37. The minimum Gasteiger partial charge on any atom is -0.421 e. The van der Waals surface area contributed by atoms with Gasteiger partial charge in [0.1, 0.15) is 5.75 Å². The van der Waals surface area contributed by atoms with Gasteiger partial charge in [0.05, 0.1) is 0 Å². The van der Waals surface area contributed by atoms with Crippen molar-refractivity contribution in [1.29, 1.82) is 0 Å². The van der Waals surface area contributed by atoms with Gasteiger partial charge in [-0.05, 0) is 25.0 Å². The molecule has 0 aliphatic heterocycles. The van der Waals surface area contributed by atoms with E-state index in [4.69, 9.17) is 0 Å². The van der Waals surface area contributed by atoms with Crippen molar-refractivity contribution >= 4 is 21.9 Å². The molecule has 0 spiro atoms. The fourth-order valence-electron chi connectivity index (χ4n) is 1.11. The lowest BCUT2D eigenvalue weighted by molar-refractivity contribution is -0.149. The zero-order valence-electron chi connectivity index (χ0n) is 8.18. The van der Waals surface area contributed by atoms with Crippen LogP contribution in [0.15, 0.2) is 18.2 Å². The van der Waals surface area contributed by atoms with Gasteiger partial charge >= 0.3 is 10.8 Å². The number of alkyl halides is 3. The molecule has 0 bridgehead atoms. The van der Waals surface area contributed by atoms with Gasteiger partial charge in [-0.1, -0.05) is 18.2 Å². The van der Waals surface area contributed by atoms with Crippen LogP contribution in [-0.2, 0) is 4.79 Å². The summed E-state index contributed by atoms with van der Waals surface area (Å²) in [6.07, 6.45) is 0. The van der Waals surface area contributed by atoms with Gasteiger partial charge in [-0.15, -0.1) is 0 Å². The van der Waals surface area contributed by atoms with E-state index in [0.29, 0.717) is 11.1 Å². The molecule has 0 atom stereocenters. The van der Waals surface area contributed by atoms with Crippen molar-refractivity contribution in [1.82, 2.24) is 0 Å². The van der Waals surface area contributed by atoms with Crippen molar-refractivity contribution < 1.29 is 18.3 Å². The van der Waals surface area contributed by atoms with Crippen LogP contribution in [-0.4, -0.2) is 10.8 Å². The Bertz CT molecular complexity index is 365. The van der Waals surface area contributed by atoms with Crippen LogP contribution in [0.4, 0.5) is 8.78 Å². The van der Waals surface area contributed by atoms with Gasteiger partial charge in [-0.3, -0.25) is 0 Å². The molecule has 0 heterocycles. The third-order valence-corrected chi connectivity index (χ3v) is 2.16. The van der Waals surface area contributed by atoms with Crippen LogP contribution in [0.2, 0.25) is 0 Å². The van der Waals surface area contributed by atoms with E-state index in [9.17, 15) is 13.6 Å². The fourth-order valence-corrected chi connectivity index (χ4v) is 1.19. The predicted octanol–water partition coefficient (Wildman–Crippen LogP) is 3.20. The van der Waals surface area contributed by atoms with Crippen molar-refractivity contribution in [3.8, 4) is 5.75 Å². The zero-order chi connectivity index (χ0) is 11.6. The van der Waals surface area contributed by atoms with E-state index >= 15 is 0 Å². The van der Waals surface area contributed by atoms with Crippen LogP contribution in [0.25, 0.3) is 0 Å². The van der Waals surface area contributed by atoms with Crippen LogP contribution < -0.4 is 4.74 Å². The third kappa shape index (κ3) is 2.99. The number of aryl methyl sites for hydroxylation is 2. The molecule has 0 saturated heterocycles. The Hall–Kier alpha value is -0.970. The molecule has 0 aromatic heterocycles. The first-order valence-corrected chi connectivity index (χ1v) is 4.97. The molecule has 0 unspecified atom stereocenters. The lowest BCUT2D eigenvalue weighted by Gasteiger charge is -2.12. The summed E-state index contributed by atoms with van der Waals surface area (Å²) < 4.78 is 29.6. The normalized spacial score (nSPS) is 11.3. The summed E-state index contributed by atoms with van der Waals surface area (Å²) in [7, 11) is 0. The molecule has 0 aliphatic rings. The first-order chi connectivity index (χ1) is 6.82. The second-order valence-corrected chi connectivity index (χ2v) is 4.10. The van der Waals surface area contributed by atoms with E-state index < -0.39 is 10.8 Å². The van der Waals surface area contributed by atoms with Crippen LogP contribution in [0.1, 0.15) is 11.1 Å². The highest BCUT2D eigenvalue weighted by Crippen LogP contribution is 2.28. The van der Waals surface area contributed by atoms with Gasteiger partial charge in [0, 0.05) is 15.9 Å². The van der Waals surface area contributed by atoms with Gasteiger partial charge < -0.3 is 4.74 Å². The van der Waals surface area contributed by atoms with Crippen LogP contribution in [0, 0.1) is 13.8 Å². The summed E-state index contributed by atoms with van der Waals surface area (Å²) >= 11 is 1.94. The molecule has 82 valence electrons. The highest BCUT2D eigenvalue weighted by molar-refractivity contribution is 9.10. The molecule has 0 saturated carbocycles. The first kappa shape index (κ1) is 12.1. The van der Waals surface area contributed by atoms with E-state index in [1.54, 1.807) is 32.0 Å². The van der Waals surface area contributed by atoms with E-state index in [-0.39, 0.29) is 5.75 Å².